The summed E-state index contributed by atoms with van der Waals surface area (Å²) in [5, 5.41) is 9.47. The number of hydrogen-bond donors (Lipinski definition) is 1. The van der Waals surface area contributed by atoms with Gasteiger partial charge in [0.2, 0.25) is 0 Å². The Morgan fingerprint density at radius 1 is 1.50 bits per heavy atom. The van der Waals surface area contributed by atoms with Gasteiger partial charge in [-0.3, -0.25) is 14.7 Å². The Morgan fingerprint density at radius 3 is 2.95 bits per heavy atom. The van der Waals surface area contributed by atoms with Crippen molar-refractivity contribution < 1.29 is 14.3 Å². The van der Waals surface area contributed by atoms with Crippen molar-refractivity contribution in [3.63, 3.8) is 0 Å². The molecule has 5 heteroatoms. The summed E-state index contributed by atoms with van der Waals surface area (Å²) in [4.78, 5) is 18.1. The highest BCUT2D eigenvalue weighted by Crippen LogP contribution is 2.34. The fourth-order valence-electron chi connectivity index (χ4n) is 3.10. The highest BCUT2D eigenvalue weighted by molar-refractivity contribution is 5.74. The third-order valence-corrected chi connectivity index (χ3v) is 4.26. The van der Waals surface area contributed by atoms with Gasteiger partial charge in [-0.15, -0.1) is 0 Å². The first-order chi connectivity index (χ1) is 10.7. The van der Waals surface area contributed by atoms with Gasteiger partial charge >= 0.3 is 5.97 Å². The number of aromatic nitrogens is 1. The van der Waals surface area contributed by atoms with E-state index < -0.39 is 12.0 Å². The molecule has 0 bridgehead atoms. The summed E-state index contributed by atoms with van der Waals surface area (Å²) in [5.41, 5.74) is 2.00. The van der Waals surface area contributed by atoms with Crippen molar-refractivity contribution in [1.82, 2.24) is 9.88 Å². The molecule has 22 heavy (non-hydrogen) atoms. The van der Waals surface area contributed by atoms with Gasteiger partial charge in [0.25, 0.3) is 0 Å². The molecule has 116 valence electrons. The number of pyridine rings is 1. The lowest BCUT2D eigenvalue weighted by molar-refractivity contribution is -0.142. The van der Waals surface area contributed by atoms with Crippen LogP contribution in [0.15, 0.2) is 41.1 Å². The zero-order valence-corrected chi connectivity index (χ0v) is 12.6. The summed E-state index contributed by atoms with van der Waals surface area (Å²) >= 11 is 0. The van der Waals surface area contributed by atoms with E-state index in [1.807, 2.05) is 35.4 Å². The quantitative estimate of drug-likeness (QED) is 0.919. The number of carboxylic acids is 1. The minimum Gasteiger partial charge on any atom is -0.480 e. The van der Waals surface area contributed by atoms with Crippen molar-refractivity contribution >= 4 is 5.97 Å². The summed E-state index contributed by atoms with van der Waals surface area (Å²) in [6, 6.07) is 7.01. The second-order valence-corrected chi connectivity index (χ2v) is 5.60. The van der Waals surface area contributed by atoms with Gasteiger partial charge in [-0.25, -0.2) is 0 Å². The van der Waals surface area contributed by atoms with Crippen LogP contribution in [0.1, 0.15) is 42.8 Å². The molecule has 3 heterocycles. The van der Waals surface area contributed by atoms with Crippen LogP contribution in [0.4, 0.5) is 0 Å². The second-order valence-electron chi connectivity index (χ2n) is 5.60. The molecule has 3 rings (SSSR count). The zero-order valence-electron chi connectivity index (χ0n) is 12.6. The molecule has 0 saturated carbocycles. The predicted octanol–water partition coefficient (Wildman–Crippen LogP) is 2.88. The lowest BCUT2D eigenvalue weighted by Gasteiger charge is -2.29. The van der Waals surface area contributed by atoms with E-state index in [0.29, 0.717) is 6.42 Å². The van der Waals surface area contributed by atoms with E-state index in [4.69, 9.17) is 4.42 Å². The highest BCUT2D eigenvalue weighted by Gasteiger charge is 2.38. The Kier molecular flexibility index (Phi) is 4.24. The first-order valence-electron chi connectivity index (χ1n) is 7.67. The SMILES string of the molecule is CCc1ccc(C(c2ccco2)N2CCCC2C(=O)O)nc1. The topological polar surface area (TPSA) is 66.6 Å². The van der Waals surface area contributed by atoms with Gasteiger partial charge < -0.3 is 9.52 Å². The summed E-state index contributed by atoms with van der Waals surface area (Å²) < 4.78 is 5.57. The third-order valence-electron chi connectivity index (χ3n) is 4.26. The molecule has 2 aromatic heterocycles. The minimum atomic E-state index is -0.778. The average molecular weight is 300 g/mol. The van der Waals surface area contributed by atoms with Crippen LogP contribution in [0.25, 0.3) is 0 Å². The molecule has 2 unspecified atom stereocenters. The Bertz CT molecular complexity index is 622. The van der Waals surface area contributed by atoms with Crippen LogP contribution in [0.5, 0.6) is 0 Å². The number of carbonyl (C=O) groups is 1. The molecule has 0 radical (unpaired) electrons. The van der Waals surface area contributed by atoms with E-state index in [-0.39, 0.29) is 6.04 Å². The van der Waals surface area contributed by atoms with Crippen LogP contribution >= 0.6 is 0 Å². The second kappa shape index (κ2) is 6.32. The van der Waals surface area contributed by atoms with Gasteiger partial charge in [0.1, 0.15) is 17.8 Å². The third kappa shape index (κ3) is 2.76. The molecule has 0 spiro atoms. The standard InChI is InChI=1S/C17H20N2O3/c1-2-12-7-8-13(18-11-12)16(15-6-4-10-22-15)19-9-3-5-14(19)17(20)21/h4,6-8,10-11,14,16H,2-3,5,9H2,1H3,(H,20,21). The molecular weight excluding hydrogens is 280 g/mol. The monoisotopic (exact) mass is 300 g/mol. The van der Waals surface area contributed by atoms with Gasteiger partial charge in [-0.1, -0.05) is 13.0 Å². The van der Waals surface area contributed by atoms with Crippen LogP contribution in [-0.4, -0.2) is 33.5 Å². The molecule has 2 aromatic rings. The fraction of sp³-hybridized carbons (Fsp3) is 0.412. The van der Waals surface area contributed by atoms with E-state index >= 15 is 0 Å². The molecule has 1 N–H and O–H groups in total. The Hall–Kier alpha value is -2.14. The summed E-state index contributed by atoms with van der Waals surface area (Å²) in [6.45, 7) is 2.82. The smallest absolute Gasteiger partial charge is 0.320 e. The van der Waals surface area contributed by atoms with Gasteiger partial charge in [0, 0.05) is 12.7 Å². The van der Waals surface area contributed by atoms with E-state index in [9.17, 15) is 9.90 Å². The molecule has 2 atom stereocenters. The van der Waals surface area contributed by atoms with E-state index in [1.165, 1.54) is 0 Å². The number of rotatable bonds is 5. The molecule has 5 nitrogen and oxygen atoms in total. The molecule has 0 amide bonds. The lowest BCUT2D eigenvalue weighted by Crippen LogP contribution is -2.39. The highest BCUT2D eigenvalue weighted by atomic mass is 16.4. The summed E-state index contributed by atoms with van der Waals surface area (Å²) in [5.74, 6) is -0.0378. The van der Waals surface area contributed by atoms with Crippen molar-refractivity contribution in [3.8, 4) is 0 Å². The first kappa shape index (κ1) is 14.8. The molecule has 1 aliphatic heterocycles. The van der Waals surface area contributed by atoms with E-state index in [1.54, 1.807) is 6.26 Å². The number of nitrogens with zero attached hydrogens (tertiary/aromatic N) is 2. The van der Waals surface area contributed by atoms with Crippen molar-refractivity contribution in [3.05, 3.63) is 53.7 Å². The van der Waals surface area contributed by atoms with Crippen molar-refractivity contribution in [2.75, 3.05) is 6.54 Å². The number of aryl methyl sites for hydroxylation is 1. The number of aliphatic carboxylic acids is 1. The maximum atomic E-state index is 11.5. The fourth-order valence-corrected chi connectivity index (χ4v) is 3.10. The average Bonchev–Trinajstić information content (AvgIpc) is 3.20. The zero-order chi connectivity index (χ0) is 15.5. The van der Waals surface area contributed by atoms with Gasteiger partial charge in [-0.05, 0) is 43.0 Å². The Balaban J connectivity index is 1.98. The van der Waals surface area contributed by atoms with Gasteiger partial charge in [0.15, 0.2) is 0 Å². The maximum Gasteiger partial charge on any atom is 0.320 e. The molecule has 0 aromatic carbocycles. The first-order valence-corrected chi connectivity index (χ1v) is 7.67. The number of carboxylic acid groups (broad SMARTS) is 1. The van der Waals surface area contributed by atoms with Gasteiger partial charge in [0.05, 0.1) is 12.0 Å². The largest absolute Gasteiger partial charge is 0.480 e. The van der Waals surface area contributed by atoms with E-state index in [0.717, 1.165) is 36.4 Å². The number of hydrogen-bond acceptors (Lipinski definition) is 4. The van der Waals surface area contributed by atoms with E-state index in [2.05, 4.69) is 11.9 Å². The number of furan rings is 1. The van der Waals surface area contributed by atoms with Crippen LogP contribution in [-0.2, 0) is 11.2 Å². The molecule has 1 saturated heterocycles. The maximum absolute atomic E-state index is 11.5. The van der Waals surface area contributed by atoms with Gasteiger partial charge in [-0.2, -0.15) is 0 Å². The van der Waals surface area contributed by atoms with Crippen molar-refractivity contribution in [2.24, 2.45) is 0 Å². The number of likely N-dealkylation sites (tertiary alicyclic amines) is 1. The summed E-state index contributed by atoms with van der Waals surface area (Å²) in [6.07, 6.45) is 5.95. The Morgan fingerprint density at radius 2 is 2.36 bits per heavy atom. The summed E-state index contributed by atoms with van der Waals surface area (Å²) in [7, 11) is 0. The van der Waals surface area contributed by atoms with Crippen LogP contribution < -0.4 is 0 Å². The molecule has 0 aliphatic carbocycles. The normalized spacial score (nSPS) is 20.1. The molecular formula is C17H20N2O3. The van der Waals surface area contributed by atoms with Crippen molar-refractivity contribution in [2.45, 2.75) is 38.3 Å². The van der Waals surface area contributed by atoms with Crippen LogP contribution in [0, 0.1) is 0 Å². The van der Waals surface area contributed by atoms with Crippen molar-refractivity contribution in [1.29, 1.82) is 0 Å². The Labute approximate surface area is 129 Å². The molecule has 1 aliphatic rings. The lowest BCUT2D eigenvalue weighted by atomic mass is 10.1. The predicted molar refractivity (Wildman–Crippen MR) is 81.5 cm³/mol. The van der Waals surface area contributed by atoms with Crippen LogP contribution in [0.2, 0.25) is 0 Å². The molecule has 1 fully saturated rings. The van der Waals surface area contributed by atoms with Crippen LogP contribution in [0.3, 0.4) is 0 Å². The minimum absolute atomic E-state index is 0.246.